The molecule has 20 heavy (non-hydrogen) atoms. The van der Waals surface area contributed by atoms with Crippen LogP contribution in [-0.4, -0.2) is 16.5 Å². The Hall–Kier alpha value is -2.10. The normalized spacial score (nSPS) is 10.7. The fourth-order valence-corrected chi connectivity index (χ4v) is 1.91. The Morgan fingerprint density at radius 3 is 2.45 bits per heavy atom. The molecular formula is C16H21N3O. The van der Waals surface area contributed by atoms with Gasteiger partial charge in [0.25, 0.3) is 0 Å². The zero-order valence-corrected chi connectivity index (χ0v) is 12.5. The lowest BCUT2D eigenvalue weighted by molar-refractivity contribution is 0.460. The van der Waals surface area contributed by atoms with Crippen LogP contribution >= 0.6 is 0 Å². The largest absolute Gasteiger partial charge is 0.439 e. The van der Waals surface area contributed by atoms with Crippen LogP contribution in [0.4, 0.5) is 5.82 Å². The van der Waals surface area contributed by atoms with Crippen molar-refractivity contribution in [3.8, 4) is 11.6 Å². The van der Waals surface area contributed by atoms with Crippen molar-refractivity contribution < 1.29 is 4.74 Å². The molecule has 0 aliphatic carbocycles. The monoisotopic (exact) mass is 271 g/mol. The maximum atomic E-state index is 5.79. The van der Waals surface area contributed by atoms with Gasteiger partial charge in [0.15, 0.2) is 0 Å². The first-order valence-electron chi connectivity index (χ1n) is 6.96. The minimum absolute atomic E-state index is 0.519. The number of nitrogens with zero attached hydrogens (tertiary/aromatic N) is 2. The van der Waals surface area contributed by atoms with E-state index in [-0.39, 0.29) is 0 Å². The smallest absolute Gasteiger partial charge is 0.224 e. The van der Waals surface area contributed by atoms with Crippen LogP contribution in [0.15, 0.2) is 30.3 Å². The molecule has 0 aliphatic heterocycles. The molecule has 1 N–H and O–H groups in total. The molecule has 1 aromatic heterocycles. The highest BCUT2D eigenvalue weighted by atomic mass is 16.5. The molecule has 0 radical (unpaired) electrons. The topological polar surface area (TPSA) is 47.0 Å². The summed E-state index contributed by atoms with van der Waals surface area (Å²) in [6.45, 7) is 9.05. The Kier molecular flexibility index (Phi) is 4.56. The van der Waals surface area contributed by atoms with Crippen LogP contribution < -0.4 is 10.1 Å². The minimum Gasteiger partial charge on any atom is -0.439 e. The molecule has 0 bridgehead atoms. The number of anilines is 1. The molecule has 0 saturated carbocycles. The van der Waals surface area contributed by atoms with Crippen LogP contribution in [0.25, 0.3) is 0 Å². The maximum Gasteiger partial charge on any atom is 0.224 e. The Bertz CT molecular complexity index is 564. The Labute approximate surface area is 120 Å². The number of rotatable bonds is 5. The Morgan fingerprint density at radius 2 is 1.85 bits per heavy atom. The second kappa shape index (κ2) is 6.37. The van der Waals surface area contributed by atoms with E-state index in [0.29, 0.717) is 17.6 Å². The lowest BCUT2D eigenvalue weighted by Crippen LogP contribution is -2.02. The molecular weight excluding hydrogens is 250 g/mol. The number of ether oxygens (including phenoxy) is 1. The van der Waals surface area contributed by atoms with Crippen LogP contribution in [0.3, 0.4) is 0 Å². The first-order valence-corrected chi connectivity index (χ1v) is 6.96. The van der Waals surface area contributed by atoms with Gasteiger partial charge in [0.2, 0.25) is 5.88 Å². The molecule has 106 valence electrons. The molecule has 0 fully saturated rings. The summed E-state index contributed by atoms with van der Waals surface area (Å²) in [5.74, 6) is 3.34. The summed E-state index contributed by atoms with van der Waals surface area (Å²) in [6, 6.07) is 9.92. The average Bonchev–Trinajstić information content (AvgIpc) is 2.39. The van der Waals surface area contributed by atoms with E-state index >= 15 is 0 Å². The molecule has 0 amide bonds. The molecule has 1 heterocycles. The summed E-state index contributed by atoms with van der Waals surface area (Å²) in [7, 11) is 0. The highest BCUT2D eigenvalue weighted by molar-refractivity contribution is 5.40. The average molecular weight is 271 g/mol. The fourth-order valence-electron chi connectivity index (χ4n) is 1.91. The first kappa shape index (κ1) is 14.3. The zero-order valence-electron chi connectivity index (χ0n) is 12.5. The highest BCUT2D eigenvalue weighted by Crippen LogP contribution is 2.24. The molecule has 0 saturated heterocycles. The van der Waals surface area contributed by atoms with E-state index in [0.717, 1.165) is 18.1 Å². The minimum atomic E-state index is 0.519. The molecule has 0 aliphatic rings. The van der Waals surface area contributed by atoms with Crippen molar-refractivity contribution >= 4 is 5.82 Å². The van der Waals surface area contributed by atoms with Crippen LogP contribution in [0.1, 0.15) is 38.1 Å². The molecule has 0 atom stereocenters. The van der Waals surface area contributed by atoms with Crippen molar-refractivity contribution in [2.24, 2.45) is 0 Å². The van der Waals surface area contributed by atoms with Crippen molar-refractivity contribution in [2.45, 2.75) is 33.6 Å². The second-order valence-electron chi connectivity index (χ2n) is 4.99. The summed E-state index contributed by atoms with van der Waals surface area (Å²) < 4.78 is 5.79. The quantitative estimate of drug-likeness (QED) is 0.888. The third-order valence-electron chi connectivity index (χ3n) is 2.94. The number of aryl methyl sites for hydroxylation is 1. The van der Waals surface area contributed by atoms with Gasteiger partial charge in [-0.15, -0.1) is 0 Å². The summed E-state index contributed by atoms with van der Waals surface area (Å²) in [5.41, 5.74) is 1.30. The predicted octanol–water partition coefficient (Wildman–Crippen LogP) is 4.13. The van der Waals surface area contributed by atoms with Gasteiger partial charge in [-0.2, -0.15) is 4.98 Å². The maximum absolute atomic E-state index is 5.79. The number of hydrogen-bond acceptors (Lipinski definition) is 4. The summed E-state index contributed by atoms with van der Waals surface area (Å²) >= 11 is 0. The van der Waals surface area contributed by atoms with E-state index in [1.807, 2.05) is 32.0 Å². The van der Waals surface area contributed by atoms with Crippen LogP contribution in [0, 0.1) is 6.92 Å². The van der Waals surface area contributed by atoms with Crippen molar-refractivity contribution in [3.63, 3.8) is 0 Å². The molecule has 4 heteroatoms. The lowest BCUT2D eigenvalue weighted by Gasteiger charge is -2.10. The van der Waals surface area contributed by atoms with Crippen molar-refractivity contribution in [1.82, 2.24) is 9.97 Å². The predicted molar refractivity (Wildman–Crippen MR) is 81.5 cm³/mol. The number of benzene rings is 1. The first-order chi connectivity index (χ1) is 9.58. The third-order valence-corrected chi connectivity index (χ3v) is 2.94. The molecule has 0 spiro atoms. The van der Waals surface area contributed by atoms with Crippen LogP contribution in [0.5, 0.6) is 11.6 Å². The van der Waals surface area contributed by atoms with Crippen LogP contribution in [-0.2, 0) is 0 Å². The van der Waals surface area contributed by atoms with Gasteiger partial charge in [-0.05, 0) is 37.5 Å². The molecule has 4 nitrogen and oxygen atoms in total. The van der Waals surface area contributed by atoms with Crippen molar-refractivity contribution in [1.29, 1.82) is 0 Å². The fraction of sp³-hybridized carbons (Fsp3) is 0.375. The van der Waals surface area contributed by atoms with Gasteiger partial charge in [-0.25, -0.2) is 4.98 Å². The standard InChI is InChI=1S/C16H21N3O/c1-5-17-15-10-16(19-12(4)18-15)20-14-8-6-13(7-9-14)11(2)3/h6-11H,5H2,1-4H3,(H,17,18,19). The highest BCUT2D eigenvalue weighted by Gasteiger charge is 2.05. The Morgan fingerprint density at radius 1 is 1.15 bits per heavy atom. The van der Waals surface area contributed by atoms with E-state index < -0.39 is 0 Å². The second-order valence-corrected chi connectivity index (χ2v) is 4.99. The lowest BCUT2D eigenvalue weighted by atomic mass is 10.0. The van der Waals surface area contributed by atoms with Gasteiger partial charge < -0.3 is 10.1 Å². The number of nitrogens with one attached hydrogen (secondary N) is 1. The van der Waals surface area contributed by atoms with E-state index in [1.54, 1.807) is 0 Å². The summed E-state index contributed by atoms with van der Waals surface area (Å²) in [5, 5.41) is 3.17. The van der Waals surface area contributed by atoms with Gasteiger partial charge >= 0.3 is 0 Å². The number of aromatic nitrogens is 2. The molecule has 2 rings (SSSR count). The van der Waals surface area contributed by atoms with Gasteiger partial charge in [0, 0.05) is 12.6 Å². The van der Waals surface area contributed by atoms with Crippen LogP contribution in [0.2, 0.25) is 0 Å². The van der Waals surface area contributed by atoms with E-state index in [1.165, 1.54) is 5.56 Å². The van der Waals surface area contributed by atoms with Gasteiger partial charge in [-0.3, -0.25) is 0 Å². The van der Waals surface area contributed by atoms with E-state index in [4.69, 9.17) is 4.74 Å². The summed E-state index contributed by atoms with van der Waals surface area (Å²) in [6.07, 6.45) is 0. The van der Waals surface area contributed by atoms with Gasteiger partial charge in [0.1, 0.15) is 17.4 Å². The Balaban J connectivity index is 2.16. The van der Waals surface area contributed by atoms with Crippen molar-refractivity contribution in [2.75, 3.05) is 11.9 Å². The van der Waals surface area contributed by atoms with Gasteiger partial charge in [0.05, 0.1) is 0 Å². The van der Waals surface area contributed by atoms with Gasteiger partial charge in [-0.1, -0.05) is 26.0 Å². The molecule has 0 unspecified atom stereocenters. The molecule has 2 aromatic rings. The summed E-state index contributed by atoms with van der Waals surface area (Å²) in [4.78, 5) is 8.60. The van der Waals surface area contributed by atoms with E-state index in [9.17, 15) is 0 Å². The number of hydrogen-bond donors (Lipinski definition) is 1. The van der Waals surface area contributed by atoms with E-state index in [2.05, 4.69) is 41.3 Å². The van der Waals surface area contributed by atoms with Crippen molar-refractivity contribution in [3.05, 3.63) is 41.7 Å². The SMILES string of the molecule is CCNc1cc(Oc2ccc(C(C)C)cc2)nc(C)n1. The molecule has 1 aromatic carbocycles. The zero-order chi connectivity index (χ0) is 14.5. The third kappa shape index (κ3) is 3.70.